The van der Waals surface area contributed by atoms with Crippen LogP contribution in [0.15, 0.2) is 53.1 Å². The van der Waals surface area contributed by atoms with Crippen molar-refractivity contribution >= 4 is 11.9 Å². The lowest BCUT2D eigenvalue weighted by Crippen LogP contribution is -2.26. The van der Waals surface area contributed by atoms with E-state index >= 15 is 0 Å². The number of ether oxygens (including phenoxy) is 1. The van der Waals surface area contributed by atoms with E-state index in [-0.39, 0.29) is 18.1 Å². The third-order valence-corrected chi connectivity index (χ3v) is 4.34. The molecule has 0 radical (unpaired) electrons. The molecule has 0 aliphatic carbocycles. The molecule has 0 atom stereocenters. The van der Waals surface area contributed by atoms with Crippen LogP contribution in [0.3, 0.4) is 0 Å². The van der Waals surface area contributed by atoms with Crippen molar-refractivity contribution in [2.75, 3.05) is 14.2 Å². The van der Waals surface area contributed by atoms with Crippen molar-refractivity contribution in [1.29, 1.82) is 0 Å². The van der Waals surface area contributed by atoms with Crippen LogP contribution in [0.4, 0.5) is 4.39 Å². The Morgan fingerprint density at radius 2 is 1.79 bits per heavy atom. The Morgan fingerprint density at radius 1 is 1.10 bits per heavy atom. The number of hydrogen-bond acceptors (Lipinski definition) is 6. The number of carbonyl (C=O) groups excluding carboxylic acids is 2. The second kappa shape index (κ2) is 9.09. The highest BCUT2D eigenvalue weighted by Crippen LogP contribution is 2.17. The summed E-state index contributed by atoms with van der Waals surface area (Å²) in [6, 6.07) is 12.7. The highest BCUT2D eigenvalue weighted by molar-refractivity contribution is 5.89. The summed E-state index contributed by atoms with van der Waals surface area (Å²) < 4.78 is 22.8. The number of nitrogens with zero attached hydrogens (tertiary/aromatic N) is 3. The summed E-state index contributed by atoms with van der Waals surface area (Å²) in [6.07, 6.45) is 0.514. The van der Waals surface area contributed by atoms with Crippen molar-refractivity contribution in [3.8, 4) is 11.4 Å². The second-order valence-electron chi connectivity index (χ2n) is 6.46. The van der Waals surface area contributed by atoms with E-state index < -0.39 is 5.97 Å². The Labute approximate surface area is 167 Å². The van der Waals surface area contributed by atoms with Crippen molar-refractivity contribution < 1.29 is 23.2 Å². The summed E-state index contributed by atoms with van der Waals surface area (Å²) in [5.41, 5.74) is 1.99. The molecule has 29 heavy (non-hydrogen) atoms. The molecule has 150 valence electrons. The standard InChI is InChI=1S/C21H20FN3O4/c1-25(13-14-3-5-16(6-4-14)21(27)28-2)19(26)12-11-18-23-20(24-29-18)15-7-9-17(22)10-8-15/h3-10H,11-13H2,1-2H3. The van der Waals surface area contributed by atoms with E-state index in [1.807, 2.05) is 0 Å². The number of benzene rings is 2. The molecule has 0 saturated carbocycles. The molecule has 0 saturated heterocycles. The lowest BCUT2D eigenvalue weighted by molar-refractivity contribution is -0.130. The number of esters is 1. The normalized spacial score (nSPS) is 10.6. The van der Waals surface area contributed by atoms with Gasteiger partial charge in [0, 0.05) is 32.0 Å². The molecule has 3 aromatic rings. The molecule has 0 spiro atoms. The minimum Gasteiger partial charge on any atom is -0.465 e. The van der Waals surface area contributed by atoms with Gasteiger partial charge in [0.1, 0.15) is 5.82 Å². The largest absolute Gasteiger partial charge is 0.465 e. The molecule has 0 N–H and O–H groups in total. The van der Waals surface area contributed by atoms with E-state index in [4.69, 9.17) is 4.52 Å². The predicted molar refractivity (Wildman–Crippen MR) is 102 cm³/mol. The van der Waals surface area contributed by atoms with Gasteiger partial charge in [0.2, 0.25) is 17.6 Å². The average molecular weight is 397 g/mol. The van der Waals surface area contributed by atoms with Crippen LogP contribution >= 0.6 is 0 Å². The zero-order chi connectivity index (χ0) is 20.8. The number of halogens is 1. The molecule has 7 nitrogen and oxygen atoms in total. The number of aryl methyl sites for hydroxylation is 1. The number of rotatable bonds is 7. The number of methoxy groups -OCH3 is 1. The highest BCUT2D eigenvalue weighted by atomic mass is 19.1. The number of carbonyl (C=O) groups is 2. The Bertz CT molecular complexity index is 984. The molecule has 0 unspecified atom stereocenters. The van der Waals surface area contributed by atoms with Gasteiger partial charge >= 0.3 is 5.97 Å². The zero-order valence-electron chi connectivity index (χ0n) is 16.1. The van der Waals surface area contributed by atoms with Gasteiger partial charge in [-0.05, 0) is 42.0 Å². The van der Waals surface area contributed by atoms with Crippen molar-refractivity contribution in [2.24, 2.45) is 0 Å². The van der Waals surface area contributed by atoms with Crippen LogP contribution in [0, 0.1) is 5.82 Å². The maximum atomic E-state index is 13.0. The van der Waals surface area contributed by atoms with Gasteiger partial charge in [-0.3, -0.25) is 4.79 Å². The van der Waals surface area contributed by atoms with Crippen LogP contribution in [0.5, 0.6) is 0 Å². The van der Waals surface area contributed by atoms with Crippen molar-refractivity contribution in [3.05, 3.63) is 71.4 Å². The van der Waals surface area contributed by atoms with Gasteiger partial charge in [-0.15, -0.1) is 0 Å². The first kappa shape index (κ1) is 20.2. The Morgan fingerprint density at radius 3 is 2.45 bits per heavy atom. The number of hydrogen-bond donors (Lipinski definition) is 0. The molecular weight excluding hydrogens is 377 g/mol. The molecule has 3 rings (SSSR count). The molecule has 2 aromatic carbocycles. The van der Waals surface area contributed by atoms with Gasteiger partial charge in [0.25, 0.3) is 0 Å². The molecule has 1 amide bonds. The van der Waals surface area contributed by atoms with Gasteiger partial charge in [-0.25, -0.2) is 9.18 Å². The molecule has 1 heterocycles. The third kappa shape index (κ3) is 5.25. The SMILES string of the molecule is COC(=O)c1ccc(CN(C)C(=O)CCc2nc(-c3ccc(F)cc3)no2)cc1. The van der Waals surface area contributed by atoms with Crippen LogP contribution in [-0.4, -0.2) is 41.1 Å². The third-order valence-electron chi connectivity index (χ3n) is 4.34. The van der Waals surface area contributed by atoms with E-state index in [0.29, 0.717) is 35.8 Å². The van der Waals surface area contributed by atoms with Crippen LogP contribution in [-0.2, 0) is 22.5 Å². The van der Waals surface area contributed by atoms with Crippen LogP contribution < -0.4 is 0 Å². The fraction of sp³-hybridized carbons (Fsp3) is 0.238. The highest BCUT2D eigenvalue weighted by Gasteiger charge is 2.14. The van der Waals surface area contributed by atoms with Crippen molar-refractivity contribution in [2.45, 2.75) is 19.4 Å². The zero-order valence-corrected chi connectivity index (χ0v) is 16.1. The van der Waals surface area contributed by atoms with Gasteiger partial charge in [0.15, 0.2) is 0 Å². The van der Waals surface area contributed by atoms with E-state index in [0.717, 1.165) is 5.56 Å². The van der Waals surface area contributed by atoms with Crippen LogP contribution in [0.2, 0.25) is 0 Å². The lowest BCUT2D eigenvalue weighted by atomic mass is 10.1. The summed E-state index contributed by atoms with van der Waals surface area (Å²) >= 11 is 0. The van der Waals surface area contributed by atoms with Crippen molar-refractivity contribution in [1.82, 2.24) is 15.0 Å². The molecule has 0 aliphatic rings. The first-order valence-electron chi connectivity index (χ1n) is 8.96. The molecule has 0 fully saturated rings. The Kier molecular flexibility index (Phi) is 6.33. The van der Waals surface area contributed by atoms with Gasteiger partial charge in [-0.2, -0.15) is 4.98 Å². The molecule has 0 bridgehead atoms. The quantitative estimate of drug-likeness (QED) is 0.569. The fourth-order valence-corrected chi connectivity index (χ4v) is 2.70. The molecular formula is C21H20FN3O4. The summed E-state index contributed by atoms with van der Waals surface area (Å²) in [4.78, 5) is 29.7. The maximum Gasteiger partial charge on any atom is 0.337 e. The summed E-state index contributed by atoms with van der Waals surface area (Å²) in [6.45, 7) is 0.408. The van der Waals surface area contributed by atoms with E-state index in [9.17, 15) is 14.0 Å². The second-order valence-corrected chi connectivity index (χ2v) is 6.46. The monoisotopic (exact) mass is 397 g/mol. The summed E-state index contributed by atoms with van der Waals surface area (Å²) in [7, 11) is 3.03. The average Bonchev–Trinajstić information content (AvgIpc) is 3.21. The van der Waals surface area contributed by atoms with Gasteiger partial charge < -0.3 is 14.2 Å². The summed E-state index contributed by atoms with van der Waals surface area (Å²) in [5.74, 6) is -0.129. The van der Waals surface area contributed by atoms with Gasteiger partial charge in [-0.1, -0.05) is 17.3 Å². The fourth-order valence-electron chi connectivity index (χ4n) is 2.70. The molecule has 0 aliphatic heterocycles. The Hall–Kier alpha value is -3.55. The minimum absolute atomic E-state index is 0.0800. The first-order valence-corrected chi connectivity index (χ1v) is 8.96. The smallest absolute Gasteiger partial charge is 0.337 e. The van der Waals surface area contributed by atoms with Gasteiger partial charge in [0.05, 0.1) is 12.7 Å². The summed E-state index contributed by atoms with van der Waals surface area (Å²) in [5, 5.41) is 3.86. The van der Waals surface area contributed by atoms with E-state index in [1.54, 1.807) is 48.3 Å². The Balaban J connectivity index is 1.52. The van der Waals surface area contributed by atoms with Crippen LogP contribution in [0.25, 0.3) is 11.4 Å². The lowest BCUT2D eigenvalue weighted by Gasteiger charge is -2.17. The topological polar surface area (TPSA) is 85.5 Å². The molecule has 1 aromatic heterocycles. The molecule has 8 heteroatoms. The number of aromatic nitrogens is 2. The van der Waals surface area contributed by atoms with Crippen molar-refractivity contribution in [3.63, 3.8) is 0 Å². The minimum atomic E-state index is -0.402. The number of amides is 1. The van der Waals surface area contributed by atoms with E-state index in [1.165, 1.54) is 19.2 Å². The maximum absolute atomic E-state index is 13.0. The first-order chi connectivity index (χ1) is 14.0. The van der Waals surface area contributed by atoms with E-state index in [2.05, 4.69) is 14.9 Å². The van der Waals surface area contributed by atoms with Crippen LogP contribution in [0.1, 0.15) is 28.2 Å². The predicted octanol–water partition coefficient (Wildman–Crippen LogP) is 3.25.